The van der Waals surface area contributed by atoms with Gasteiger partial charge in [-0.25, -0.2) is 0 Å². The maximum absolute atomic E-state index is 11.3. The number of hydrogen-bond acceptors (Lipinski definition) is 4. The zero-order valence-corrected chi connectivity index (χ0v) is 11.7. The van der Waals surface area contributed by atoms with Crippen LogP contribution in [0.4, 0.5) is 5.69 Å². The van der Waals surface area contributed by atoms with E-state index in [0.29, 0.717) is 12.2 Å². The highest BCUT2D eigenvalue weighted by Gasteiger charge is 2.09. The van der Waals surface area contributed by atoms with Crippen LogP contribution < -0.4 is 16.8 Å². The number of carbonyl (C=O) groups excluding carboxylic acids is 2. The van der Waals surface area contributed by atoms with Crippen LogP contribution in [0.15, 0.2) is 34.7 Å². The van der Waals surface area contributed by atoms with E-state index in [1.807, 2.05) is 19.1 Å². The Morgan fingerprint density at radius 3 is 2.10 bits per heavy atom. The maximum atomic E-state index is 11.3. The molecule has 0 bridgehead atoms. The van der Waals surface area contributed by atoms with Gasteiger partial charge >= 0.3 is 0 Å². The van der Waals surface area contributed by atoms with Crippen LogP contribution >= 0.6 is 0 Å². The van der Waals surface area contributed by atoms with Crippen LogP contribution in [-0.4, -0.2) is 11.8 Å². The molecule has 0 fully saturated rings. The zero-order valence-electron chi connectivity index (χ0n) is 11.7. The van der Waals surface area contributed by atoms with Gasteiger partial charge in [0.05, 0.1) is 6.54 Å². The first kappa shape index (κ1) is 14.6. The highest BCUT2D eigenvalue weighted by Crippen LogP contribution is 2.17. The molecule has 1 aromatic heterocycles. The number of benzene rings is 1. The van der Waals surface area contributed by atoms with E-state index in [1.54, 1.807) is 12.1 Å². The molecular weight excluding hydrogens is 270 g/mol. The first-order valence-electron chi connectivity index (χ1n) is 6.55. The average molecular weight is 287 g/mol. The quantitative estimate of drug-likeness (QED) is 0.750. The molecule has 21 heavy (non-hydrogen) atoms. The third kappa shape index (κ3) is 3.62. The largest absolute Gasteiger partial charge is 0.464 e. The number of rotatable bonds is 6. The Morgan fingerprint density at radius 2 is 1.62 bits per heavy atom. The van der Waals surface area contributed by atoms with Gasteiger partial charge in [0, 0.05) is 23.2 Å². The molecule has 0 unspecified atom stereocenters. The molecule has 0 saturated carbocycles. The van der Waals surface area contributed by atoms with Gasteiger partial charge < -0.3 is 21.2 Å². The Kier molecular flexibility index (Phi) is 4.27. The van der Waals surface area contributed by atoms with Crippen molar-refractivity contribution in [3.8, 4) is 0 Å². The summed E-state index contributed by atoms with van der Waals surface area (Å²) in [4.78, 5) is 22.5. The average Bonchev–Trinajstić information content (AvgIpc) is 2.92. The minimum Gasteiger partial charge on any atom is -0.464 e. The summed E-state index contributed by atoms with van der Waals surface area (Å²) in [5, 5.41) is 3.08. The smallest absolute Gasteiger partial charge is 0.248 e. The van der Waals surface area contributed by atoms with Crippen molar-refractivity contribution in [2.75, 3.05) is 5.32 Å². The van der Waals surface area contributed by atoms with Gasteiger partial charge in [-0.05, 0) is 30.3 Å². The summed E-state index contributed by atoms with van der Waals surface area (Å²) >= 11 is 0. The second-order valence-electron chi connectivity index (χ2n) is 4.60. The molecule has 0 aliphatic carbocycles. The number of furan rings is 1. The molecule has 2 rings (SSSR count). The fourth-order valence-corrected chi connectivity index (χ4v) is 1.91. The first-order chi connectivity index (χ1) is 9.99. The normalized spacial score (nSPS) is 10.3. The molecule has 2 amide bonds. The van der Waals surface area contributed by atoms with Crippen molar-refractivity contribution in [3.05, 3.63) is 53.0 Å². The fourth-order valence-electron chi connectivity index (χ4n) is 1.91. The second kappa shape index (κ2) is 6.13. The molecule has 1 heterocycles. The molecule has 110 valence electrons. The molecule has 1 aromatic carbocycles. The lowest BCUT2D eigenvalue weighted by atomic mass is 10.1. The van der Waals surface area contributed by atoms with Crippen LogP contribution in [0, 0.1) is 0 Å². The lowest BCUT2D eigenvalue weighted by molar-refractivity contribution is 0.0999. The molecule has 5 N–H and O–H groups in total. The van der Waals surface area contributed by atoms with Gasteiger partial charge in [0.25, 0.3) is 0 Å². The SMILES string of the molecule is CCc1ccc(CNc2cc(C(N)=O)cc(C(N)=O)c2)o1. The summed E-state index contributed by atoms with van der Waals surface area (Å²) in [6.07, 6.45) is 0.822. The minimum absolute atomic E-state index is 0.225. The van der Waals surface area contributed by atoms with Gasteiger partial charge in [-0.15, -0.1) is 0 Å². The fraction of sp³-hybridized carbons (Fsp3) is 0.200. The van der Waals surface area contributed by atoms with E-state index in [9.17, 15) is 9.59 Å². The topological polar surface area (TPSA) is 111 Å². The summed E-state index contributed by atoms with van der Waals surface area (Å²) < 4.78 is 5.56. The predicted molar refractivity (Wildman–Crippen MR) is 78.9 cm³/mol. The third-order valence-electron chi connectivity index (χ3n) is 3.03. The van der Waals surface area contributed by atoms with Crippen molar-refractivity contribution in [1.82, 2.24) is 0 Å². The molecule has 6 heteroatoms. The van der Waals surface area contributed by atoms with E-state index >= 15 is 0 Å². The molecule has 0 radical (unpaired) electrons. The Morgan fingerprint density at radius 1 is 1.05 bits per heavy atom. The molecule has 0 atom stereocenters. The molecule has 2 aromatic rings. The van der Waals surface area contributed by atoms with E-state index in [2.05, 4.69) is 5.32 Å². The summed E-state index contributed by atoms with van der Waals surface area (Å²) in [7, 11) is 0. The van der Waals surface area contributed by atoms with E-state index in [0.717, 1.165) is 17.9 Å². The molecule has 6 nitrogen and oxygen atoms in total. The maximum Gasteiger partial charge on any atom is 0.248 e. The number of carbonyl (C=O) groups is 2. The van der Waals surface area contributed by atoms with Gasteiger partial charge in [0.1, 0.15) is 11.5 Å². The standard InChI is InChI=1S/C15H17N3O3/c1-2-12-3-4-13(21-12)8-18-11-6-9(14(16)19)5-10(7-11)15(17)20/h3-7,18H,2,8H2,1H3,(H2,16,19)(H2,17,20). The second-order valence-corrected chi connectivity index (χ2v) is 4.60. The highest BCUT2D eigenvalue weighted by molar-refractivity contribution is 5.99. The van der Waals surface area contributed by atoms with E-state index in [-0.39, 0.29) is 11.1 Å². The van der Waals surface area contributed by atoms with Crippen LogP contribution in [0.5, 0.6) is 0 Å². The van der Waals surface area contributed by atoms with E-state index in [1.165, 1.54) is 6.07 Å². The van der Waals surface area contributed by atoms with Gasteiger partial charge in [-0.1, -0.05) is 6.92 Å². The van der Waals surface area contributed by atoms with Crippen LogP contribution in [0.1, 0.15) is 39.2 Å². The van der Waals surface area contributed by atoms with Gasteiger partial charge in [0.2, 0.25) is 11.8 Å². The van der Waals surface area contributed by atoms with Crippen molar-refractivity contribution in [2.24, 2.45) is 11.5 Å². The number of primary amides is 2. The monoisotopic (exact) mass is 287 g/mol. The van der Waals surface area contributed by atoms with E-state index < -0.39 is 11.8 Å². The number of aryl methyl sites for hydroxylation is 1. The van der Waals surface area contributed by atoms with E-state index in [4.69, 9.17) is 15.9 Å². The molecule has 0 spiro atoms. The van der Waals surface area contributed by atoms with Gasteiger partial charge in [0.15, 0.2) is 0 Å². The van der Waals surface area contributed by atoms with Gasteiger partial charge in [-0.2, -0.15) is 0 Å². The Hall–Kier alpha value is -2.76. The van der Waals surface area contributed by atoms with Crippen LogP contribution in [0.3, 0.4) is 0 Å². The van der Waals surface area contributed by atoms with Crippen molar-refractivity contribution in [3.63, 3.8) is 0 Å². The van der Waals surface area contributed by atoms with Gasteiger partial charge in [-0.3, -0.25) is 9.59 Å². The molecule has 0 saturated heterocycles. The van der Waals surface area contributed by atoms with Crippen molar-refractivity contribution >= 4 is 17.5 Å². The number of amides is 2. The number of anilines is 1. The molecular formula is C15H17N3O3. The van der Waals surface area contributed by atoms with Crippen molar-refractivity contribution in [1.29, 1.82) is 0 Å². The summed E-state index contributed by atoms with van der Waals surface area (Å²) in [6, 6.07) is 8.29. The number of nitrogens with two attached hydrogens (primary N) is 2. The zero-order chi connectivity index (χ0) is 15.4. The Balaban J connectivity index is 2.18. The summed E-state index contributed by atoms with van der Waals surface area (Å²) in [5.41, 5.74) is 11.5. The lowest BCUT2D eigenvalue weighted by Crippen LogP contribution is -2.16. The van der Waals surface area contributed by atoms with Crippen LogP contribution in [0.2, 0.25) is 0 Å². The molecule has 0 aliphatic heterocycles. The number of nitrogens with one attached hydrogen (secondary N) is 1. The molecule has 0 aliphatic rings. The Labute approximate surface area is 122 Å². The van der Waals surface area contributed by atoms with Crippen molar-refractivity contribution in [2.45, 2.75) is 19.9 Å². The number of hydrogen-bond donors (Lipinski definition) is 3. The predicted octanol–water partition coefficient (Wildman–Crippen LogP) is 1.65. The Bertz CT molecular complexity index is 644. The first-order valence-corrected chi connectivity index (χ1v) is 6.55. The lowest BCUT2D eigenvalue weighted by Gasteiger charge is -2.08. The van der Waals surface area contributed by atoms with Crippen LogP contribution in [0.25, 0.3) is 0 Å². The van der Waals surface area contributed by atoms with Crippen LogP contribution in [-0.2, 0) is 13.0 Å². The highest BCUT2D eigenvalue weighted by atomic mass is 16.3. The summed E-state index contributed by atoms with van der Waals surface area (Å²) in [6.45, 7) is 2.44. The summed E-state index contributed by atoms with van der Waals surface area (Å²) in [5.74, 6) is 0.423. The van der Waals surface area contributed by atoms with Crippen molar-refractivity contribution < 1.29 is 14.0 Å². The minimum atomic E-state index is -0.618. The third-order valence-corrected chi connectivity index (χ3v) is 3.03.